The summed E-state index contributed by atoms with van der Waals surface area (Å²) in [6.45, 7) is 1.87. The van der Waals surface area contributed by atoms with Gasteiger partial charge in [-0.1, -0.05) is 23.2 Å². The van der Waals surface area contributed by atoms with Gasteiger partial charge in [-0.2, -0.15) is 4.31 Å². The molecule has 2 aliphatic rings. The van der Waals surface area contributed by atoms with Crippen molar-refractivity contribution in [2.45, 2.75) is 4.90 Å². The molecule has 1 N–H and O–H groups in total. The molecule has 1 fully saturated rings. The fourth-order valence-corrected chi connectivity index (χ4v) is 5.39. The van der Waals surface area contributed by atoms with E-state index in [1.165, 1.54) is 16.4 Å². The number of ether oxygens (including phenoxy) is 3. The fraction of sp³-hybridized carbons (Fsp3) is 0.316. The smallest absolute Gasteiger partial charge is 0.257 e. The molecule has 2 heterocycles. The largest absolute Gasteiger partial charge is 0.486 e. The molecule has 8 nitrogen and oxygen atoms in total. The SMILES string of the molecule is O=C(Nc1ccc2c(c1)OCCO2)c1cc(S(=O)(=O)N2CCOCC2)c(Cl)cc1Cl. The number of morpholine rings is 1. The van der Waals surface area contributed by atoms with Crippen LogP contribution in [0, 0.1) is 0 Å². The number of rotatable bonds is 4. The number of hydrogen-bond acceptors (Lipinski definition) is 6. The van der Waals surface area contributed by atoms with Gasteiger partial charge < -0.3 is 19.5 Å². The molecule has 0 saturated carbocycles. The number of carbonyl (C=O) groups excluding carboxylic acids is 1. The number of anilines is 1. The molecule has 0 atom stereocenters. The van der Waals surface area contributed by atoms with Crippen LogP contribution in [0.15, 0.2) is 35.2 Å². The molecule has 1 saturated heterocycles. The van der Waals surface area contributed by atoms with Crippen LogP contribution in [0.5, 0.6) is 11.5 Å². The van der Waals surface area contributed by atoms with E-state index in [2.05, 4.69) is 5.32 Å². The van der Waals surface area contributed by atoms with Gasteiger partial charge in [0.25, 0.3) is 5.91 Å². The summed E-state index contributed by atoms with van der Waals surface area (Å²) >= 11 is 12.4. The number of hydrogen-bond donors (Lipinski definition) is 1. The lowest BCUT2D eigenvalue weighted by atomic mass is 10.2. The highest BCUT2D eigenvalue weighted by atomic mass is 35.5. The lowest BCUT2D eigenvalue weighted by Crippen LogP contribution is -2.40. The zero-order valence-corrected chi connectivity index (χ0v) is 18.0. The second-order valence-electron chi connectivity index (χ2n) is 6.59. The van der Waals surface area contributed by atoms with Gasteiger partial charge in [0.15, 0.2) is 11.5 Å². The molecule has 0 unspecified atom stereocenters. The molecule has 11 heteroatoms. The maximum absolute atomic E-state index is 13.0. The second kappa shape index (κ2) is 8.60. The summed E-state index contributed by atoms with van der Waals surface area (Å²) in [6.07, 6.45) is 0. The molecule has 2 aromatic carbocycles. The van der Waals surface area contributed by atoms with Gasteiger partial charge in [-0.3, -0.25) is 4.79 Å². The second-order valence-corrected chi connectivity index (χ2v) is 9.31. The molecule has 30 heavy (non-hydrogen) atoms. The summed E-state index contributed by atoms with van der Waals surface area (Å²) in [5, 5.41) is 2.68. The van der Waals surface area contributed by atoms with E-state index in [-0.39, 0.29) is 33.6 Å². The molecule has 0 spiro atoms. The van der Waals surface area contributed by atoms with Crippen molar-refractivity contribution in [3.8, 4) is 11.5 Å². The van der Waals surface area contributed by atoms with Crippen molar-refractivity contribution in [1.29, 1.82) is 0 Å². The Hall–Kier alpha value is -2.04. The Morgan fingerprint density at radius 2 is 1.63 bits per heavy atom. The van der Waals surface area contributed by atoms with E-state index >= 15 is 0 Å². The lowest BCUT2D eigenvalue weighted by molar-refractivity contribution is 0.0730. The third-order valence-electron chi connectivity index (χ3n) is 4.65. The maximum Gasteiger partial charge on any atom is 0.257 e. The molecule has 0 bridgehead atoms. The summed E-state index contributed by atoms with van der Waals surface area (Å²) in [7, 11) is -3.90. The number of carbonyl (C=O) groups is 1. The van der Waals surface area contributed by atoms with Crippen LogP contribution in [-0.4, -0.2) is 58.1 Å². The van der Waals surface area contributed by atoms with Crippen LogP contribution in [0.3, 0.4) is 0 Å². The van der Waals surface area contributed by atoms with E-state index in [0.717, 1.165) is 0 Å². The summed E-state index contributed by atoms with van der Waals surface area (Å²) in [4.78, 5) is 12.7. The Morgan fingerprint density at radius 1 is 0.933 bits per heavy atom. The van der Waals surface area contributed by atoms with Gasteiger partial charge in [-0.05, 0) is 24.3 Å². The van der Waals surface area contributed by atoms with E-state index in [9.17, 15) is 13.2 Å². The van der Waals surface area contributed by atoms with Crippen molar-refractivity contribution in [2.24, 2.45) is 0 Å². The maximum atomic E-state index is 13.0. The normalized spacial score (nSPS) is 16.9. The molecule has 4 rings (SSSR count). The molecular weight excluding hydrogens is 455 g/mol. The third kappa shape index (κ3) is 4.21. The van der Waals surface area contributed by atoms with Crippen LogP contribution in [0.4, 0.5) is 5.69 Å². The Kier molecular flexibility index (Phi) is 6.08. The summed E-state index contributed by atoms with van der Waals surface area (Å²) in [6, 6.07) is 7.42. The van der Waals surface area contributed by atoms with Gasteiger partial charge >= 0.3 is 0 Å². The summed E-state index contributed by atoms with van der Waals surface area (Å²) in [5.41, 5.74) is 0.440. The zero-order valence-electron chi connectivity index (χ0n) is 15.7. The molecule has 1 amide bonds. The first-order chi connectivity index (χ1) is 14.4. The highest BCUT2D eigenvalue weighted by molar-refractivity contribution is 7.89. The molecule has 0 radical (unpaired) electrons. The zero-order chi connectivity index (χ0) is 21.3. The van der Waals surface area contributed by atoms with Crippen LogP contribution in [0.25, 0.3) is 0 Å². The number of halogens is 2. The Bertz CT molecular complexity index is 1090. The van der Waals surface area contributed by atoms with Crippen molar-refractivity contribution >= 4 is 44.8 Å². The number of nitrogens with one attached hydrogen (secondary N) is 1. The predicted octanol–water partition coefficient (Wildman–Crippen LogP) is 3.04. The topological polar surface area (TPSA) is 94.2 Å². The van der Waals surface area contributed by atoms with Crippen molar-refractivity contribution in [1.82, 2.24) is 4.31 Å². The molecule has 0 aliphatic carbocycles. The number of benzene rings is 2. The minimum absolute atomic E-state index is 0.0113. The third-order valence-corrected chi connectivity index (χ3v) is 7.33. The number of amides is 1. The molecule has 2 aromatic rings. The van der Waals surface area contributed by atoms with E-state index in [4.69, 9.17) is 37.4 Å². The van der Waals surface area contributed by atoms with Gasteiger partial charge in [0.2, 0.25) is 10.0 Å². The Balaban J connectivity index is 1.62. The average Bonchev–Trinajstić information content (AvgIpc) is 2.74. The minimum atomic E-state index is -3.90. The number of fused-ring (bicyclic) bond motifs is 1. The molecule has 0 aromatic heterocycles. The fourth-order valence-electron chi connectivity index (χ4n) is 3.15. The van der Waals surface area contributed by atoms with Crippen molar-refractivity contribution in [3.63, 3.8) is 0 Å². The van der Waals surface area contributed by atoms with Crippen LogP contribution in [-0.2, 0) is 14.8 Å². The first-order valence-corrected chi connectivity index (χ1v) is 11.3. The van der Waals surface area contributed by atoms with Crippen molar-refractivity contribution in [3.05, 3.63) is 45.9 Å². The predicted molar refractivity (Wildman–Crippen MR) is 111 cm³/mol. The number of sulfonamides is 1. The van der Waals surface area contributed by atoms with E-state index < -0.39 is 15.9 Å². The molecule has 2 aliphatic heterocycles. The minimum Gasteiger partial charge on any atom is -0.486 e. The van der Waals surface area contributed by atoms with Gasteiger partial charge in [-0.15, -0.1) is 0 Å². The first-order valence-electron chi connectivity index (χ1n) is 9.14. The van der Waals surface area contributed by atoms with Gasteiger partial charge in [0, 0.05) is 24.8 Å². The van der Waals surface area contributed by atoms with Crippen molar-refractivity contribution < 1.29 is 27.4 Å². The standard InChI is InChI=1S/C19H18Cl2N2O6S/c20-14-11-15(21)18(30(25,26)23-3-5-27-6-4-23)10-13(14)19(24)22-12-1-2-16-17(9-12)29-8-7-28-16/h1-2,9-11H,3-8H2,(H,22,24). The van der Waals surface area contributed by atoms with Crippen LogP contribution in [0.2, 0.25) is 10.0 Å². The highest BCUT2D eigenvalue weighted by Gasteiger charge is 2.30. The van der Waals surface area contributed by atoms with Crippen LogP contribution < -0.4 is 14.8 Å². The van der Waals surface area contributed by atoms with Crippen molar-refractivity contribution in [2.75, 3.05) is 44.8 Å². The van der Waals surface area contributed by atoms with Crippen LogP contribution >= 0.6 is 23.2 Å². The number of nitrogens with zero attached hydrogens (tertiary/aromatic N) is 1. The highest BCUT2D eigenvalue weighted by Crippen LogP contribution is 2.34. The van der Waals surface area contributed by atoms with E-state index in [0.29, 0.717) is 43.6 Å². The molecule has 160 valence electrons. The van der Waals surface area contributed by atoms with Crippen LogP contribution in [0.1, 0.15) is 10.4 Å². The average molecular weight is 473 g/mol. The van der Waals surface area contributed by atoms with E-state index in [1.807, 2.05) is 0 Å². The molecular formula is C19H18Cl2N2O6S. The summed E-state index contributed by atoms with van der Waals surface area (Å²) < 4.78 is 43.4. The van der Waals surface area contributed by atoms with Gasteiger partial charge in [-0.25, -0.2) is 8.42 Å². The Labute approximate surface area is 183 Å². The lowest BCUT2D eigenvalue weighted by Gasteiger charge is -2.26. The first kappa shape index (κ1) is 21.2. The monoisotopic (exact) mass is 472 g/mol. The summed E-state index contributed by atoms with van der Waals surface area (Å²) in [5.74, 6) is 0.520. The van der Waals surface area contributed by atoms with Gasteiger partial charge in [0.1, 0.15) is 18.1 Å². The van der Waals surface area contributed by atoms with E-state index in [1.54, 1.807) is 18.2 Å². The quantitative estimate of drug-likeness (QED) is 0.734. The van der Waals surface area contributed by atoms with Gasteiger partial charge in [0.05, 0.1) is 28.8 Å². The Morgan fingerprint density at radius 3 is 2.37 bits per heavy atom.